The Hall–Kier alpha value is -1.87. The molecule has 25 heavy (non-hydrogen) atoms. The number of rotatable bonds is 6. The number of piperidine rings is 1. The monoisotopic (exact) mass is 380 g/mol. The molecule has 0 aromatic carbocycles. The third kappa shape index (κ3) is 4.60. The van der Waals surface area contributed by atoms with Crippen LogP contribution in [0.3, 0.4) is 0 Å². The molecule has 0 bridgehead atoms. The van der Waals surface area contributed by atoms with Gasteiger partial charge in [-0.15, -0.1) is 16.4 Å². The van der Waals surface area contributed by atoms with Gasteiger partial charge in [0.25, 0.3) is 0 Å². The lowest BCUT2D eigenvalue weighted by Gasteiger charge is -2.30. The zero-order valence-electron chi connectivity index (χ0n) is 13.9. The van der Waals surface area contributed by atoms with Crippen molar-refractivity contribution >= 4 is 35.0 Å². The molecule has 1 aliphatic heterocycles. The van der Waals surface area contributed by atoms with Crippen LogP contribution in [0, 0.1) is 5.92 Å². The van der Waals surface area contributed by atoms with Gasteiger partial charge < -0.3 is 9.64 Å². The highest BCUT2D eigenvalue weighted by atomic mass is 32.2. The molecule has 0 radical (unpaired) electrons. The molecule has 3 heterocycles. The van der Waals surface area contributed by atoms with E-state index in [1.807, 2.05) is 17.5 Å². The minimum atomic E-state index is -0.147. The van der Waals surface area contributed by atoms with Gasteiger partial charge in [-0.05, 0) is 31.2 Å². The summed E-state index contributed by atoms with van der Waals surface area (Å²) in [6, 6.07) is 3.93. The van der Waals surface area contributed by atoms with Crippen molar-refractivity contribution in [2.45, 2.75) is 24.9 Å². The van der Waals surface area contributed by atoms with E-state index in [0.717, 1.165) is 10.7 Å². The number of nitrogens with one attached hydrogen (secondary N) is 1. The Morgan fingerprint density at radius 3 is 2.92 bits per heavy atom. The Balaban J connectivity index is 1.45. The van der Waals surface area contributed by atoms with Crippen LogP contribution >= 0.6 is 23.1 Å². The van der Waals surface area contributed by atoms with Gasteiger partial charge in [0.1, 0.15) is 0 Å². The zero-order chi connectivity index (χ0) is 17.6. The number of amides is 1. The lowest BCUT2D eigenvalue weighted by atomic mass is 9.97. The number of ether oxygens (including phenoxy) is 1. The van der Waals surface area contributed by atoms with Gasteiger partial charge in [0.05, 0.1) is 23.2 Å². The van der Waals surface area contributed by atoms with Crippen molar-refractivity contribution in [1.82, 2.24) is 20.1 Å². The molecule has 1 saturated heterocycles. The van der Waals surface area contributed by atoms with Crippen LogP contribution < -0.4 is 0 Å². The van der Waals surface area contributed by atoms with E-state index in [2.05, 4.69) is 15.2 Å². The molecule has 2 aromatic rings. The molecule has 0 spiro atoms. The topological polar surface area (TPSA) is 88.2 Å². The Kier molecular flexibility index (Phi) is 6.09. The lowest BCUT2D eigenvalue weighted by molar-refractivity contribution is -0.151. The Morgan fingerprint density at radius 2 is 2.24 bits per heavy atom. The maximum atomic E-state index is 12.3. The van der Waals surface area contributed by atoms with Crippen LogP contribution in [0.25, 0.3) is 10.7 Å². The number of aromatic amines is 1. The average Bonchev–Trinajstić information content (AvgIpc) is 3.31. The van der Waals surface area contributed by atoms with E-state index in [-0.39, 0.29) is 17.8 Å². The minimum absolute atomic E-state index is 0.0507. The van der Waals surface area contributed by atoms with E-state index < -0.39 is 0 Å². The summed E-state index contributed by atoms with van der Waals surface area (Å²) in [5.41, 5.74) is 0. The van der Waals surface area contributed by atoms with Gasteiger partial charge in [-0.1, -0.05) is 17.8 Å². The highest BCUT2D eigenvalue weighted by Crippen LogP contribution is 2.24. The van der Waals surface area contributed by atoms with Gasteiger partial charge in [0.15, 0.2) is 5.82 Å². The average molecular weight is 380 g/mol. The summed E-state index contributed by atoms with van der Waals surface area (Å²) in [6.07, 6.45) is 1.33. The van der Waals surface area contributed by atoms with Gasteiger partial charge in [-0.25, -0.2) is 4.98 Å². The summed E-state index contributed by atoms with van der Waals surface area (Å²) in [5.74, 6) is 0.838. The van der Waals surface area contributed by atoms with E-state index >= 15 is 0 Å². The van der Waals surface area contributed by atoms with Crippen LogP contribution in [0.4, 0.5) is 0 Å². The second-order valence-corrected chi connectivity index (χ2v) is 7.53. The maximum Gasteiger partial charge on any atom is 0.309 e. The first kappa shape index (κ1) is 17.9. The fraction of sp³-hybridized carbons (Fsp3) is 0.500. The largest absolute Gasteiger partial charge is 0.466 e. The van der Waals surface area contributed by atoms with Crippen LogP contribution in [0.2, 0.25) is 0 Å². The van der Waals surface area contributed by atoms with Gasteiger partial charge in [0, 0.05) is 13.1 Å². The molecular weight excluding hydrogens is 360 g/mol. The van der Waals surface area contributed by atoms with Crippen molar-refractivity contribution in [3.63, 3.8) is 0 Å². The standard InChI is InChI=1S/C16H20N4O3S2/c1-2-23-15(22)11-5-7-20(8-6-11)13(21)10-25-16-17-14(18-19-16)12-4-3-9-24-12/h3-4,9,11H,2,5-8,10H2,1H3,(H,17,18,19). The number of H-pyrrole nitrogens is 1. The predicted octanol–water partition coefficient (Wildman–Crippen LogP) is 2.43. The number of thioether (sulfide) groups is 1. The van der Waals surface area contributed by atoms with Gasteiger partial charge >= 0.3 is 5.97 Å². The number of aromatic nitrogens is 3. The van der Waals surface area contributed by atoms with E-state index in [9.17, 15) is 9.59 Å². The van der Waals surface area contributed by atoms with Gasteiger partial charge in [-0.3, -0.25) is 14.7 Å². The van der Waals surface area contributed by atoms with E-state index in [4.69, 9.17) is 4.74 Å². The highest BCUT2D eigenvalue weighted by Gasteiger charge is 2.28. The molecule has 134 valence electrons. The van der Waals surface area contributed by atoms with E-state index in [1.165, 1.54) is 11.8 Å². The Morgan fingerprint density at radius 1 is 1.44 bits per heavy atom. The summed E-state index contributed by atoms with van der Waals surface area (Å²) < 4.78 is 5.05. The molecule has 1 fully saturated rings. The molecule has 1 N–H and O–H groups in total. The summed E-state index contributed by atoms with van der Waals surface area (Å²) in [7, 11) is 0. The number of carbonyl (C=O) groups is 2. The first-order valence-electron chi connectivity index (χ1n) is 8.21. The molecule has 2 aromatic heterocycles. The molecule has 0 aliphatic carbocycles. The summed E-state index contributed by atoms with van der Waals surface area (Å²) >= 11 is 2.91. The molecule has 1 amide bonds. The van der Waals surface area contributed by atoms with Gasteiger partial charge in [0.2, 0.25) is 11.1 Å². The van der Waals surface area contributed by atoms with Gasteiger partial charge in [-0.2, -0.15) is 0 Å². The van der Waals surface area contributed by atoms with E-state index in [1.54, 1.807) is 23.2 Å². The molecule has 0 atom stereocenters. The number of hydrogen-bond donors (Lipinski definition) is 1. The second-order valence-electron chi connectivity index (χ2n) is 5.64. The number of thiophene rings is 1. The number of nitrogens with zero attached hydrogens (tertiary/aromatic N) is 3. The zero-order valence-corrected chi connectivity index (χ0v) is 15.6. The summed E-state index contributed by atoms with van der Waals surface area (Å²) in [5, 5.41) is 9.59. The summed E-state index contributed by atoms with van der Waals surface area (Å²) in [6.45, 7) is 3.40. The van der Waals surface area contributed by atoms with Crippen LogP contribution in [-0.2, 0) is 14.3 Å². The number of hydrogen-bond acceptors (Lipinski definition) is 7. The summed E-state index contributed by atoms with van der Waals surface area (Å²) in [4.78, 5) is 31.3. The smallest absolute Gasteiger partial charge is 0.309 e. The Labute approximate surface area is 154 Å². The Bertz CT molecular complexity index is 709. The van der Waals surface area contributed by atoms with Crippen molar-refractivity contribution in [2.75, 3.05) is 25.4 Å². The first-order valence-corrected chi connectivity index (χ1v) is 10.1. The third-order valence-corrected chi connectivity index (χ3v) is 5.72. The number of likely N-dealkylation sites (tertiary alicyclic amines) is 1. The van der Waals surface area contributed by atoms with Crippen LogP contribution in [0.15, 0.2) is 22.7 Å². The number of esters is 1. The molecule has 0 unspecified atom stereocenters. The van der Waals surface area contributed by atoms with Crippen molar-refractivity contribution < 1.29 is 14.3 Å². The van der Waals surface area contributed by atoms with Crippen molar-refractivity contribution in [1.29, 1.82) is 0 Å². The SMILES string of the molecule is CCOC(=O)C1CCN(C(=O)CSc2n[nH]c(-c3cccs3)n2)CC1. The van der Waals surface area contributed by atoms with Crippen LogP contribution in [0.1, 0.15) is 19.8 Å². The highest BCUT2D eigenvalue weighted by molar-refractivity contribution is 7.99. The van der Waals surface area contributed by atoms with Crippen molar-refractivity contribution in [3.8, 4) is 10.7 Å². The fourth-order valence-electron chi connectivity index (χ4n) is 2.68. The quantitative estimate of drug-likeness (QED) is 0.612. The van der Waals surface area contributed by atoms with Crippen molar-refractivity contribution in [3.05, 3.63) is 17.5 Å². The van der Waals surface area contributed by atoms with Crippen LogP contribution in [0.5, 0.6) is 0 Å². The fourth-order valence-corrected chi connectivity index (χ4v) is 4.04. The third-order valence-electron chi connectivity index (χ3n) is 4.01. The predicted molar refractivity (Wildman–Crippen MR) is 96.4 cm³/mol. The van der Waals surface area contributed by atoms with Crippen molar-refractivity contribution in [2.24, 2.45) is 5.92 Å². The number of carbonyl (C=O) groups excluding carboxylic acids is 2. The molecule has 9 heteroatoms. The lowest BCUT2D eigenvalue weighted by Crippen LogP contribution is -2.41. The second kappa shape index (κ2) is 8.48. The molecule has 3 rings (SSSR count). The molecular formula is C16H20N4O3S2. The molecule has 1 aliphatic rings. The molecule has 7 nitrogen and oxygen atoms in total. The molecule has 0 saturated carbocycles. The first-order chi connectivity index (χ1) is 12.2. The van der Waals surface area contributed by atoms with Crippen LogP contribution in [-0.4, -0.2) is 57.4 Å². The normalized spacial score (nSPS) is 15.3. The maximum absolute atomic E-state index is 12.3. The van der Waals surface area contributed by atoms with E-state index in [0.29, 0.717) is 43.4 Å². The minimum Gasteiger partial charge on any atom is -0.466 e.